The summed E-state index contributed by atoms with van der Waals surface area (Å²) in [5.41, 5.74) is 6.77. The lowest BCUT2D eigenvalue weighted by molar-refractivity contribution is -0.125. The molecule has 1 aromatic heterocycles. The fraction of sp³-hybridized carbons (Fsp3) is 0.368. The number of carbonyl (C=O) groups is 3. The molecule has 2 atom stereocenters. The summed E-state index contributed by atoms with van der Waals surface area (Å²) in [6.45, 7) is 5.21. The first-order valence-electron chi connectivity index (χ1n) is 9.01. The first-order chi connectivity index (χ1) is 13.3. The van der Waals surface area contributed by atoms with Gasteiger partial charge >= 0.3 is 0 Å². The van der Waals surface area contributed by atoms with E-state index >= 15 is 0 Å². The zero-order chi connectivity index (χ0) is 20.7. The Hall–Kier alpha value is -2.91. The Bertz CT molecular complexity index is 825. The van der Waals surface area contributed by atoms with E-state index in [0.29, 0.717) is 11.4 Å². The number of nitrogens with zero attached hydrogens (tertiary/aromatic N) is 2. The van der Waals surface area contributed by atoms with Crippen molar-refractivity contribution in [2.24, 2.45) is 11.7 Å². The molecule has 1 aromatic carbocycles. The molecule has 0 aliphatic rings. The second-order valence-corrected chi connectivity index (χ2v) is 6.77. The van der Waals surface area contributed by atoms with Crippen LogP contribution in [0.4, 0.5) is 11.4 Å². The quantitative estimate of drug-likeness (QED) is 0.512. The normalized spacial score (nSPS) is 12.4. The van der Waals surface area contributed by atoms with Gasteiger partial charge in [0.25, 0.3) is 0 Å². The zero-order valence-corrected chi connectivity index (χ0v) is 17.4. The molecule has 158 valence electrons. The Balaban J connectivity index is 0.00000420. The predicted molar refractivity (Wildman–Crippen MR) is 114 cm³/mol. The average Bonchev–Trinajstić information content (AvgIpc) is 3.19. The lowest BCUT2D eigenvalue weighted by atomic mass is 10.1. The van der Waals surface area contributed by atoms with Gasteiger partial charge in [0.1, 0.15) is 6.04 Å². The van der Waals surface area contributed by atoms with Crippen LogP contribution < -0.4 is 21.7 Å². The van der Waals surface area contributed by atoms with Crippen molar-refractivity contribution in [3.05, 3.63) is 42.7 Å². The van der Waals surface area contributed by atoms with Gasteiger partial charge in [0.2, 0.25) is 17.7 Å². The van der Waals surface area contributed by atoms with E-state index in [1.54, 1.807) is 54.3 Å². The van der Waals surface area contributed by atoms with Gasteiger partial charge in [0, 0.05) is 23.8 Å². The molecule has 1 heterocycles. The van der Waals surface area contributed by atoms with Gasteiger partial charge in [0.05, 0.1) is 12.6 Å². The SMILES string of the molecule is CC(C)[C@H](N)C(=O)NCC(=O)Nc1cccc(NC(=O)C(C)n2cccn2)c1.Cl. The van der Waals surface area contributed by atoms with Crippen LogP contribution in [0.3, 0.4) is 0 Å². The fourth-order valence-electron chi connectivity index (χ4n) is 2.34. The smallest absolute Gasteiger partial charge is 0.248 e. The van der Waals surface area contributed by atoms with Gasteiger partial charge in [-0.1, -0.05) is 19.9 Å². The largest absolute Gasteiger partial charge is 0.346 e. The fourth-order valence-corrected chi connectivity index (χ4v) is 2.34. The Morgan fingerprint density at radius 1 is 1.07 bits per heavy atom. The Morgan fingerprint density at radius 3 is 2.31 bits per heavy atom. The van der Waals surface area contributed by atoms with Crippen LogP contribution >= 0.6 is 12.4 Å². The van der Waals surface area contributed by atoms with Crippen molar-refractivity contribution in [2.75, 3.05) is 17.2 Å². The minimum absolute atomic E-state index is 0. The first kappa shape index (κ1) is 24.1. The Labute approximate surface area is 175 Å². The highest BCUT2D eigenvalue weighted by Crippen LogP contribution is 2.17. The second-order valence-electron chi connectivity index (χ2n) is 6.77. The van der Waals surface area contributed by atoms with Crippen LogP contribution in [0.25, 0.3) is 0 Å². The molecule has 5 N–H and O–H groups in total. The third-order valence-electron chi connectivity index (χ3n) is 4.16. The molecular formula is C19H27ClN6O3. The number of nitrogens with one attached hydrogen (secondary N) is 3. The number of anilines is 2. The summed E-state index contributed by atoms with van der Waals surface area (Å²) in [5.74, 6) is -1.02. The van der Waals surface area contributed by atoms with Crippen molar-refractivity contribution in [1.82, 2.24) is 15.1 Å². The van der Waals surface area contributed by atoms with Gasteiger partial charge < -0.3 is 21.7 Å². The van der Waals surface area contributed by atoms with Crippen molar-refractivity contribution >= 4 is 41.5 Å². The molecule has 0 saturated carbocycles. The van der Waals surface area contributed by atoms with Gasteiger partial charge in [-0.05, 0) is 37.1 Å². The number of amides is 3. The third-order valence-corrected chi connectivity index (χ3v) is 4.16. The maximum atomic E-state index is 12.3. The van der Waals surface area contributed by atoms with E-state index in [1.165, 1.54) is 0 Å². The first-order valence-corrected chi connectivity index (χ1v) is 9.01. The van der Waals surface area contributed by atoms with Crippen LogP contribution in [0.5, 0.6) is 0 Å². The highest BCUT2D eigenvalue weighted by Gasteiger charge is 2.18. The molecule has 0 saturated heterocycles. The van der Waals surface area contributed by atoms with Crippen molar-refractivity contribution in [2.45, 2.75) is 32.9 Å². The standard InChI is InChI=1S/C19H26N6O3.ClH/c1-12(2)17(20)19(28)21-11-16(26)23-14-6-4-7-15(10-14)24-18(27)13(3)25-9-5-8-22-25;/h4-10,12-13,17H,11,20H2,1-3H3,(H,21,28)(H,23,26)(H,24,27);1H/t13?,17-;/m0./s1. The molecule has 29 heavy (non-hydrogen) atoms. The topological polar surface area (TPSA) is 131 Å². The highest BCUT2D eigenvalue weighted by atomic mass is 35.5. The van der Waals surface area contributed by atoms with E-state index in [0.717, 1.165) is 0 Å². The van der Waals surface area contributed by atoms with Gasteiger partial charge in [-0.15, -0.1) is 12.4 Å². The minimum atomic E-state index is -0.664. The van der Waals surface area contributed by atoms with Crippen molar-refractivity contribution in [1.29, 1.82) is 0 Å². The number of rotatable bonds is 8. The summed E-state index contributed by atoms with van der Waals surface area (Å²) in [6, 6.07) is 7.34. The molecule has 9 nitrogen and oxygen atoms in total. The lowest BCUT2D eigenvalue weighted by Crippen LogP contribution is -2.46. The van der Waals surface area contributed by atoms with Gasteiger partial charge in [0.15, 0.2) is 0 Å². The van der Waals surface area contributed by atoms with Crippen LogP contribution in [-0.2, 0) is 14.4 Å². The number of nitrogens with two attached hydrogens (primary N) is 1. The minimum Gasteiger partial charge on any atom is -0.346 e. The molecule has 0 aliphatic carbocycles. The van der Waals surface area contributed by atoms with E-state index in [-0.39, 0.29) is 36.7 Å². The Morgan fingerprint density at radius 2 is 1.72 bits per heavy atom. The molecular weight excluding hydrogens is 396 g/mol. The van der Waals surface area contributed by atoms with E-state index in [4.69, 9.17) is 5.73 Å². The second kappa shape index (κ2) is 11.2. The van der Waals surface area contributed by atoms with Crippen LogP contribution in [-0.4, -0.2) is 40.1 Å². The van der Waals surface area contributed by atoms with Gasteiger partial charge in [-0.3, -0.25) is 19.1 Å². The number of aromatic nitrogens is 2. The van der Waals surface area contributed by atoms with Gasteiger partial charge in [-0.2, -0.15) is 5.10 Å². The number of hydrogen-bond acceptors (Lipinski definition) is 5. The summed E-state index contributed by atoms with van der Waals surface area (Å²) in [7, 11) is 0. The molecule has 0 spiro atoms. The van der Waals surface area contributed by atoms with Crippen LogP contribution in [0.2, 0.25) is 0 Å². The highest BCUT2D eigenvalue weighted by molar-refractivity contribution is 5.97. The summed E-state index contributed by atoms with van der Waals surface area (Å²) in [5, 5.41) is 12.0. The van der Waals surface area contributed by atoms with Gasteiger partial charge in [-0.25, -0.2) is 0 Å². The molecule has 0 bridgehead atoms. The zero-order valence-electron chi connectivity index (χ0n) is 16.6. The van der Waals surface area contributed by atoms with Crippen molar-refractivity contribution < 1.29 is 14.4 Å². The third kappa shape index (κ3) is 7.20. The maximum Gasteiger partial charge on any atom is 0.248 e. The molecule has 0 fully saturated rings. The van der Waals surface area contributed by atoms with Crippen LogP contribution in [0.15, 0.2) is 42.7 Å². The average molecular weight is 423 g/mol. The molecule has 3 amide bonds. The van der Waals surface area contributed by atoms with E-state index < -0.39 is 18.0 Å². The maximum absolute atomic E-state index is 12.3. The predicted octanol–water partition coefficient (Wildman–Crippen LogP) is 1.54. The van der Waals surface area contributed by atoms with Crippen molar-refractivity contribution in [3.8, 4) is 0 Å². The summed E-state index contributed by atoms with van der Waals surface area (Å²) >= 11 is 0. The van der Waals surface area contributed by atoms with E-state index in [1.807, 2.05) is 13.8 Å². The number of benzene rings is 1. The summed E-state index contributed by atoms with van der Waals surface area (Å²) < 4.78 is 1.55. The number of carbonyl (C=O) groups excluding carboxylic acids is 3. The lowest BCUT2D eigenvalue weighted by Gasteiger charge is -2.15. The molecule has 0 aliphatic heterocycles. The van der Waals surface area contributed by atoms with Crippen LogP contribution in [0, 0.1) is 5.92 Å². The molecule has 2 rings (SSSR count). The van der Waals surface area contributed by atoms with E-state index in [2.05, 4.69) is 21.0 Å². The monoisotopic (exact) mass is 422 g/mol. The summed E-state index contributed by atoms with van der Waals surface area (Å²) in [4.78, 5) is 36.2. The molecule has 10 heteroatoms. The number of halogens is 1. The number of hydrogen-bond donors (Lipinski definition) is 4. The van der Waals surface area contributed by atoms with Crippen molar-refractivity contribution in [3.63, 3.8) is 0 Å². The van der Waals surface area contributed by atoms with E-state index in [9.17, 15) is 14.4 Å². The Kier molecular flexibility index (Phi) is 9.30. The molecule has 2 aromatic rings. The summed E-state index contributed by atoms with van der Waals surface area (Å²) in [6.07, 6.45) is 3.31. The molecule has 1 unspecified atom stereocenters. The van der Waals surface area contributed by atoms with Crippen LogP contribution in [0.1, 0.15) is 26.8 Å². The molecule has 0 radical (unpaired) electrons.